The van der Waals surface area contributed by atoms with Gasteiger partial charge in [-0.3, -0.25) is 15.0 Å². The van der Waals surface area contributed by atoms with Crippen LogP contribution >= 0.6 is 11.6 Å². The summed E-state index contributed by atoms with van der Waals surface area (Å²) in [6.07, 6.45) is 2.29. The van der Waals surface area contributed by atoms with Crippen molar-refractivity contribution in [1.29, 1.82) is 0 Å². The third-order valence-electron chi connectivity index (χ3n) is 4.44. The molecule has 1 saturated heterocycles. The Labute approximate surface area is 175 Å². The first-order chi connectivity index (χ1) is 13.9. The largest absolute Gasteiger partial charge is 0.490 e. The topological polar surface area (TPSA) is 67.9 Å². The van der Waals surface area contributed by atoms with E-state index in [1.807, 2.05) is 26.8 Å². The van der Waals surface area contributed by atoms with E-state index in [-0.39, 0.29) is 11.7 Å². The highest BCUT2D eigenvalue weighted by Gasteiger charge is 2.34. The van der Waals surface area contributed by atoms with Crippen LogP contribution in [-0.2, 0) is 9.59 Å². The van der Waals surface area contributed by atoms with Gasteiger partial charge in [0.1, 0.15) is 5.57 Å². The van der Waals surface area contributed by atoms with Crippen molar-refractivity contribution in [2.75, 3.05) is 11.6 Å². The highest BCUT2D eigenvalue weighted by Crippen LogP contribution is 2.38. The summed E-state index contributed by atoms with van der Waals surface area (Å²) in [5.74, 6) is 0.0131. The number of hydrazine groups is 1. The molecule has 152 valence electrons. The van der Waals surface area contributed by atoms with E-state index in [9.17, 15) is 9.59 Å². The van der Waals surface area contributed by atoms with Crippen LogP contribution in [0.2, 0.25) is 5.02 Å². The van der Waals surface area contributed by atoms with Crippen LogP contribution in [0, 0.1) is 0 Å². The summed E-state index contributed by atoms with van der Waals surface area (Å²) in [6.45, 7) is 6.24. The normalized spacial score (nSPS) is 16.1. The second-order valence-corrected chi connectivity index (χ2v) is 6.98. The molecule has 0 saturated carbocycles. The van der Waals surface area contributed by atoms with Gasteiger partial charge in [-0.15, -0.1) is 0 Å². The van der Waals surface area contributed by atoms with Crippen molar-refractivity contribution in [3.8, 4) is 11.5 Å². The minimum Gasteiger partial charge on any atom is -0.490 e. The van der Waals surface area contributed by atoms with E-state index in [1.54, 1.807) is 36.4 Å². The number of nitrogens with zero attached hydrogens (tertiary/aromatic N) is 1. The van der Waals surface area contributed by atoms with Gasteiger partial charge in [0.2, 0.25) is 0 Å². The molecule has 1 unspecified atom stereocenters. The highest BCUT2D eigenvalue weighted by molar-refractivity contribution is 6.33. The number of hydrogen-bond donors (Lipinski definition) is 1. The van der Waals surface area contributed by atoms with Gasteiger partial charge in [0, 0.05) is 0 Å². The Balaban J connectivity index is 1.95. The fraction of sp³-hybridized carbons (Fsp3) is 0.273. The van der Waals surface area contributed by atoms with Crippen molar-refractivity contribution in [1.82, 2.24) is 5.43 Å². The average molecular weight is 415 g/mol. The van der Waals surface area contributed by atoms with Crippen LogP contribution in [0.15, 0.2) is 48.0 Å². The fourth-order valence-electron chi connectivity index (χ4n) is 2.82. The van der Waals surface area contributed by atoms with Crippen LogP contribution in [0.1, 0.15) is 32.8 Å². The maximum Gasteiger partial charge on any atom is 0.282 e. The van der Waals surface area contributed by atoms with Gasteiger partial charge in [0.15, 0.2) is 11.5 Å². The number of para-hydroxylation sites is 1. The maximum atomic E-state index is 12.8. The second-order valence-electron chi connectivity index (χ2n) is 6.57. The molecular weight excluding hydrogens is 392 g/mol. The van der Waals surface area contributed by atoms with E-state index in [1.165, 1.54) is 11.1 Å². The number of carbonyl (C=O) groups excluding carboxylic acids is 2. The number of rotatable bonds is 7. The molecule has 0 aliphatic carbocycles. The number of halogens is 1. The molecule has 2 amide bonds. The van der Waals surface area contributed by atoms with Gasteiger partial charge in [-0.1, -0.05) is 36.7 Å². The lowest BCUT2D eigenvalue weighted by Gasteiger charge is -2.18. The van der Waals surface area contributed by atoms with E-state index in [0.717, 1.165) is 6.42 Å². The van der Waals surface area contributed by atoms with Gasteiger partial charge in [-0.25, -0.2) is 5.01 Å². The maximum absolute atomic E-state index is 12.8. The van der Waals surface area contributed by atoms with Gasteiger partial charge < -0.3 is 9.47 Å². The van der Waals surface area contributed by atoms with E-state index >= 15 is 0 Å². The van der Waals surface area contributed by atoms with Crippen molar-refractivity contribution in [3.05, 3.63) is 58.6 Å². The summed E-state index contributed by atoms with van der Waals surface area (Å²) in [5.41, 5.74) is 3.75. The van der Waals surface area contributed by atoms with Crippen molar-refractivity contribution in [2.24, 2.45) is 0 Å². The third kappa shape index (κ3) is 4.54. The molecule has 0 spiro atoms. The molecule has 3 rings (SSSR count). The van der Waals surface area contributed by atoms with Gasteiger partial charge >= 0.3 is 0 Å². The van der Waals surface area contributed by atoms with Gasteiger partial charge in [0.25, 0.3) is 11.8 Å². The highest BCUT2D eigenvalue weighted by atomic mass is 35.5. The van der Waals surface area contributed by atoms with Gasteiger partial charge in [-0.05, 0) is 56.2 Å². The zero-order valence-electron chi connectivity index (χ0n) is 16.6. The van der Waals surface area contributed by atoms with Gasteiger partial charge in [0.05, 0.1) is 23.4 Å². The molecule has 1 N–H and O–H groups in total. The van der Waals surface area contributed by atoms with Crippen LogP contribution in [0.4, 0.5) is 5.69 Å². The third-order valence-corrected chi connectivity index (χ3v) is 4.72. The van der Waals surface area contributed by atoms with Crippen LogP contribution in [0.3, 0.4) is 0 Å². The molecule has 0 radical (unpaired) electrons. The Morgan fingerprint density at radius 2 is 1.90 bits per heavy atom. The van der Waals surface area contributed by atoms with Crippen molar-refractivity contribution < 1.29 is 19.1 Å². The molecule has 29 heavy (non-hydrogen) atoms. The Morgan fingerprint density at radius 1 is 1.17 bits per heavy atom. The molecule has 0 bridgehead atoms. The molecule has 6 nitrogen and oxygen atoms in total. The molecular formula is C22H23ClN2O4. The van der Waals surface area contributed by atoms with E-state index in [2.05, 4.69) is 5.43 Å². The SMILES string of the molecule is CCOc1cc(C=C2C(=O)NN(c3ccccc3)C2=O)cc(Cl)c1OC(C)CC. The molecule has 1 atom stereocenters. The first kappa shape index (κ1) is 20.7. The van der Waals surface area contributed by atoms with Crippen LogP contribution in [0.25, 0.3) is 6.08 Å². The first-order valence-electron chi connectivity index (χ1n) is 9.49. The number of benzene rings is 2. The lowest BCUT2D eigenvalue weighted by atomic mass is 10.1. The van der Waals surface area contributed by atoms with E-state index in [0.29, 0.717) is 34.4 Å². The Kier molecular flexibility index (Phi) is 6.44. The smallest absolute Gasteiger partial charge is 0.282 e. The minimum absolute atomic E-state index is 0.0166. The number of hydrogen-bond acceptors (Lipinski definition) is 4. The zero-order valence-corrected chi connectivity index (χ0v) is 17.3. The predicted molar refractivity (Wildman–Crippen MR) is 113 cm³/mol. The molecule has 1 aliphatic heterocycles. The van der Waals surface area contributed by atoms with E-state index < -0.39 is 11.8 Å². The monoisotopic (exact) mass is 414 g/mol. The molecule has 1 aliphatic rings. The Hall–Kier alpha value is -2.99. The standard InChI is InChI=1S/C22H23ClN2O4/c1-4-14(3)29-20-18(23)12-15(13-19(20)28-5-2)11-17-21(26)24-25(22(17)27)16-9-7-6-8-10-16/h6-14H,4-5H2,1-3H3,(H,24,26). The summed E-state index contributed by atoms with van der Waals surface area (Å²) in [6, 6.07) is 12.3. The molecule has 1 fully saturated rings. The average Bonchev–Trinajstić information content (AvgIpc) is 2.99. The number of ether oxygens (including phenoxy) is 2. The van der Waals surface area contributed by atoms with Crippen LogP contribution in [-0.4, -0.2) is 24.5 Å². The van der Waals surface area contributed by atoms with Crippen LogP contribution in [0.5, 0.6) is 11.5 Å². The molecule has 7 heteroatoms. The zero-order chi connectivity index (χ0) is 21.0. The summed E-state index contributed by atoms with van der Waals surface area (Å²) < 4.78 is 11.6. The fourth-order valence-corrected chi connectivity index (χ4v) is 3.08. The van der Waals surface area contributed by atoms with E-state index in [4.69, 9.17) is 21.1 Å². The molecule has 1 heterocycles. The number of carbonyl (C=O) groups is 2. The van der Waals surface area contributed by atoms with Crippen molar-refractivity contribution in [2.45, 2.75) is 33.3 Å². The molecule has 0 aromatic heterocycles. The van der Waals surface area contributed by atoms with Crippen molar-refractivity contribution >= 4 is 35.2 Å². The second kappa shape index (κ2) is 9.01. The number of amides is 2. The summed E-state index contributed by atoms with van der Waals surface area (Å²) >= 11 is 6.42. The first-order valence-corrected chi connectivity index (χ1v) is 9.87. The van der Waals surface area contributed by atoms with Gasteiger partial charge in [-0.2, -0.15) is 0 Å². The quantitative estimate of drug-likeness (QED) is 0.539. The Bertz CT molecular complexity index is 943. The minimum atomic E-state index is -0.479. The summed E-state index contributed by atoms with van der Waals surface area (Å²) in [5, 5.41) is 1.58. The van der Waals surface area contributed by atoms with Crippen molar-refractivity contribution in [3.63, 3.8) is 0 Å². The summed E-state index contributed by atoms with van der Waals surface area (Å²) in [7, 11) is 0. The van der Waals surface area contributed by atoms with Crippen LogP contribution < -0.4 is 19.9 Å². The predicted octanol–water partition coefficient (Wildman–Crippen LogP) is 4.38. The lowest BCUT2D eigenvalue weighted by Crippen LogP contribution is -2.35. The lowest BCUT2D eigenvalue weighted by molar-refractivity contribution is -0.117. The summed E-state index contributed by atoms with van der Waals surface area (Å²) in [4.78, 5) is 25.1. The Morgan fingerprint density at radius 3 is 2.55 bits per heavy atom. The molecule has 2 aromatic carbocycles. The number of nitrogens with one attached hydrogen (secondary N) is 1. The molecule has 2 aromatic rings. The number of anilines is 1.